The summed E-state index contributed by atoms with van der Waals surface area (Å²) in [7, 11) is 0. The third kappa shape index (κ3) is 2.39. The predicted octanol–water partition coefficient (Wildman–Crippen LogP) is 2.79. The van der Waals surface area contributed by atoms with Gasteiger partial charge < -0.3 is 5.32 Å². The molecule has 4 heteroatoms. The van der Waals surface area contributed by atoms with E-state index in [4.69, 9.17) is 0 Å². The van der Waals surface area contributed by atoms with Gasteiger partial charge in [0.1, 0.15) is 5.84 Å². The standard InChI is InChI=1S/C11H12N2OS/c1-7-3-4-9(5-8(7)2)12-10-6-15-11(14)13-10/h3-5H,6H2,1-2H3,(H,12,13,14). The molecule has 15 heavy (non-hydrogen) atoms. The first-order chi connectivity index (χ1) is 7.15. The van der Waals surface area contributed by atoms with E-state index in [9.17, 15) is 4.79 Å². The van der Waals surface area contributed by atoms with Gasteiger partial charge in [0, 0.05) is 0 Å². The summed E-state index contributed by atoms with van der Waals surface area (Å²) in [5.74, 6) is 1.39. The summed E-state index contributed by atoms with van der Waals surface area (Å²) < 4.78 is 0. The zero-order chi connectivity index (χ0) is 10.8. The molecule has 1 saturated heterocycles. The Morgan fingerprint density at radius 1 is 1.33 bits per heavy atom. The molecule has 1 aliphatic rings. The minimum Gasteiger partial charge on any atom is -0.304 e. The molecule has 3 nitrogen and oxygen atoms in total. The van der Waals surface area contributed by atoms with Crippen molar-refractivity contribution in [3.8, 4) is 0 Å². The van der Waals surface area contributed by atoms with Crippen molar-refractivity contribution < 1.29 is 4.79 Å². The highest BCUT2D eigenvalue weighted by molar-refractivity contribution is 8.14. The number of hydrogen-bond acceptors (Lipinski definition) is 3. The van der Waals surface area contributed by atoms with Crippen LogP contribution in [0.25, 0.3) is 0 Å². The Balaban J connectivity index is 2.24. The number of nitrogens with one attached hydrogen (secondary N) is 1. The van der Waals surface area contributed by atoms with Crippen molar-refractivity contribution in [3.63, 3.8) is 0 Å². The molecule has 0 unspecified atom stereocenters. The number of carbonyl (C=O) groups is 1. The van der Waals surface area contributed by atoms with Crippen LogP contribution in [0, 0.1) is 13.8 Å². The van der Waals surface area contributed by atoms with E-state index in [0.717, 1.165) is 11.5 Å². The lowest BCUT2D eigenvalue weighted by Gasteiger charge is -2.01. The number of nitrogens with zero attached hydrogens (tertiary/aromatic N) is 1. The summed E-state index contributed by atoms with van der Waals surface area (Å²) in [4.78, 5) is 15.3. The van der Waals surface area contributed by atoms with Crippen LogP contribution in [0.3, 0.4) is 0 Å². The average molecular weight is 220 g/mol. The first-order valence-corrected chi connectivity index (χ1v) is 5.72. The van der Waals surface area contributed by atoms with E-state index >= 15 is 0 Å². The van der Waals surface area contributed by atoms with Crippen molar-refractivity contribution in [1.29, 1.82) is 0 Å². The molecule has 1 fully saturated rings. The summed E-state index contributed by atoms with van der Waals surface area (Å²) in [6.07, 6.45) is 0. The minimum absolute atomic E-state index is 0.0161. The number of benzene rings is 1. The molecule has 1 aromatic carbocycles. The van der Waals surface area contributed by atoms with Crippen molar-refractivity contribution in [1.82, 2.24) is 5.32 Å². The van der Waals surface area contributed by atoms with Gasteiger partial charge in [-0.15, -0.1) is 0 Å². The average Bonchev–Trinajstić information content (AvgIpc) is 2.58. The lowest BCUT2D eigenvalue weighted by molar-refractivity contribution is 0.265. The van der Waals surface area contributed by atoms with Gasteiger partial charge in [0.25, 0.3) is 5.24 Å². The molecule has 1 aromatic rings. The van der Waals surface area contributed by atoms with E-state index in [1.54, 1.807) is 0 Å². The molecule has 0 radical (unpaired) electrons. The van der Waals surface area contributed by atoms with Gasteiger partial charge in [0.05, 0.1) is 11.4 Å². The van der Waals surface area contributed by atoms with E-state index in [1.165, 1.54) is 22.9 Å². The van der Waals surface area contributed by atoms with Gasteiger partial charge in [-0.05, 0) is 37.1 Å². The smallest absolute Gasteiger partial charge is 0.284 e. The normalized spacial score (nSPS) is 18.3. The fourth-order valence-electron chi connectivity index (χ4n) is 1.34. The van der Waals surface area contributed by atoms with E-state index in [1.807, 2.05) is 18.2 Å². The van der Waals surface area contributed by atoms with E-state index in [2.05, 4.69) is 24.2 Å². The third-order valence-electron chi connectivity index (χ3n) is 2.34. The predicted molar refractivity (Wildman–Crippen MR) is 64.0 cm³/mol. The van der Waals surface area contributed by atoms with Crippen LogP contribution >= 0.6 is 11.8 Å². The second-order valence-electron chi connectivity index (χ2n) is 3.53. The quantitative estimate of drug-likeness (QED) is 0.790. The van der Waals surface area contributed by atoms with Crippen molar-refractivity contribution in [3.05, 3.63) is 29.3 Å². The maximum absolute atomic E-state index is 10.9. The van der Waals surface area contributed by atoms with Gasteiger partial charge in [-0.3, -0.25) is 4.79 Å². The second-order valence-corrected chi connectivity index (χ2v) is 4.48. The summed E-state index contributed by atoms with van der Waals surface area (Å²) in [5, 5.41) is 2.69. The Morgan fingerprint density at radius 3 is 2.73 bits per heavy atom. The minimum atomic E-state index is -0.0161. The van der Waals surface area contributed by atoms with Crippen molar-refractivity contribution >= 4 is 28.5 Å². The van der Waals surface area contributed by atoms with Crippen LogP contribution in [0.1, 0.15) is 11.1 Å². The highest BCUT2D eigenvalue weighted by Crippen LogP contribution is 2.19. The lowest BCUT2D eigenvalue weighted by Crippen LogP contribution is -2.18. The van der Waals surface area contributed by atoms with Crippen LogP contribution in [0.5, 0.6) is 0 Å². The van der Waals surface area contributed by atoms with Crippen LogP contribution in [0.15, 0.2) is 23.2 Å². The SMILES string of the molecule is Cc1ccc(N=C2CSC(=O)N2)cc1C. The maximum Gasteiger partial charge on any atom is 0.284 e. The highest BCUT2D eigenvalue weighted by atomic mass is 32.2. The number of carbonyl (C=O) groups excluding carboxylic acids is 1. The summed E-state index contributed by atoms with van der Waals surface area (Å²) in [5.41, 5.74) is 3.37. The number of amides is 1. The fourth-order valence-corrected chi connectivity index (χ4v) is 1.93. The molecule has 1 aliphatic heterocycles. The number of rotatable bonds is 1. The second kappa shape index (κ2) is 4.06. The molecule has 0 spiro atoms. The van der Waals surface area contributed by atoms with E-state index in [0.29, 0.717) is 5.75 Å². The van der Waals surface area contributed by atoms with Crippen LogP contribution in [-0.2, 0) is 0 Å². The van der Waals surface area contributed by atoms with Crippen LogP contribution in [0.4, 0.5) is 10.5 Å². The van der Waals surface area contributed by atoms with Gasteiger partial charge in [0.15, 0.2) is 0 Å². The molecule has 0 aromatic heterocycles. The Hall–Kier alpha value is -1.29. The molecule has 0 saturated carbocycles. The number of thioether (sulfide) groups is 1. The Labute approximate surface area is 93.0 Å². The van der Waals surface area contributed by atoms with E-state index in [-0.39, 0.29) is 5.24 Å². The first-order valence-electron chi connectivity index (χ1n) is 4.74. The van der Waals surface area contributed by atoms with Gasteiger partial charge in [-0.2, -0.15) is 0 Å². The van der Waals surface area contributed by atoms with Crippen LogP contribution in [-0.4, -0.2) is 16.8 Å². The molecular formula is C11H12N2OS. The van der Waals surface area contributed by atoms with Gasteiger partial charge >= 0.3 is 0 Å². The number of aliphatic imine (C=N–C) groups is 1. The zero-order valence-corrected chi connectivity index (χ0v) is 9.52. The number of aryl methyl sites for hydroxylation is 2. The molecule has 0 atom stereocenters. The Kier molecular flexibility index (Phi) is 2.77. The van der Waals surface area contributed by atoms with Gasteiger partial charge in [0.2, 0.25) is 0 Å². The molecule has 0 bridgehead atoms. The van der Waals surface area contributed by atoms with Gasteiger partial charge in [-0.25, -0.2) is 4.99 Å². The zero-order valence-electron chi connectivity index (χ0n) is 8.70. The lowest BCUT2D eigenvalue weighted by atomic mass is 10.1. The molecule has 1 amide bonds. The first kappa shape index (κ1) is 10.2. The molecule has 1 N–H and O–H groups in total. The van der Waals surface area contributed by atoms with Crippen molar-refractivity contribution in [2.75, 3.05) is 5.75 Å². The number of hydrogen-bond donors (Lipinski definition) is 1. The Morgan fingerprint density at radius 2 is 2.13 bits per heavy atom. The summed E-state index contributed by atoms with van der Waals surface area (Å²) >= 11 is 1.25. The van der Waals surface area contributed by atoms with Crippen molar-refractivity contribution in [2.24, 2.45) is 4.99 Å². The highest BCUT2D eigenvalue weighted by Gasteiger charge is 2.16. The number of amidine groups is 1. The summed E-state index contributed by atoms with van der Waals surface area (Å²) in [6, 6.07) is 6.03. The fraction of sp³-hybridized carbons (Fsp3) is 0.273. The molecule has 2 rings (SSSR count). The van der Waals surface area contributed by atoms with Crippen molar-refractivity contribution in [2.45, 2.75) is 13.8 Å². The largest absolute Gasteiger partial charge is 0.304 e. The maximum atomic E-state index is 10.9. The Bertz CT molecular complexity index is 440. The molecule has 78 valence electrons. The van der Waals surface area contributed by atoms with Crippen LogP contribution < -0.4 is 5.32 Å². The molecule has 0 aliphatic carbocycles. The molecule has 1 heterocycles. The molecular weight excluding hydrogens is 208 g/mol. The van der Waals surface area contributed by atoms with Crippen LogP contribution in [0.2, 0.25) is 0 Å². The topological polar surface area (TPSA) is 41.5 Å². The van der Waals surface area contributed by atoms with E-state index < -0.39 is 0 Å². The monoisotopic (exact) mass is 220 g/mol. The van der Waals surface area contributed by atoms with Gasteiger partial charge in [-0.1, -0.05) is 17.8 Å². The summed E-state index contributed by atoms with van der Waals surface area (Å²) in [6.45, 7) is 4.13. The third-order valence-corrected chi connectivity index (χ3v) is 3.12.